The summed E-state index contributed by atoms with van der Waals surface area (Å²) < 4.78 is 22.6. The third kappa shape index (κ3) is 4.11. The summed E-state index contributed by atoms with van der Waals surface area (Å²) in [6.45, 7) is 3.85. The first-order valence-corrected chi connectivity index (χ1v) is 7.57. The van der Waals surface area contributed by atoms with Gasteiger partial charge in [0.2, 0.25) is 0 Å². The van der Waals surface area contributed by atoms with Crippen molar-refractivity contribution in [3.05, 3.63) is 0 Å². The fourth-order valence-electron chi connectivity index (χ4n) is 2.38. The molecule has 0 aliphatic heterocycles. The predicted octanol–water partition coefficient (Wildman–Crippen LogP) is 1.75. The highest BCUT2D eigenvalue weighted by atomic mass is 32.2. The summed E-state index contributed by atoms with van der Waals surface area (Å²) in [6.07, 6.45) is 4.22. The van der Waals surface area contributed by atoms with Gasteiger partial charge in [-0.3, -0.25) is 0 Å². The van der Waals surface area contributed by atoms with Gasteiger partial charge < -0.3 is 5.11 Å². The summed E-state index contributed by atoms with van der Waals surface area (Å²) in [4.78, 5) is 0. The molecule has 0 heterocycles. The molecule has 1 aliphatic carbocycles. The van der Waals surface area contributed by atoms with Crippen LogP contribution >= 0.6 is 0 Å². The quantitative estimate of drug-likeness (QED) is 0.788. The highest BCUT2D eigenvalue weighted by molar-refractivity contribution is 7.91. The maximum absolute atomic E-state index is 11.3. The molecular weight excluding hydrogens is 212 g/mol. The summed E-state index contributed by atoms with van der Waals surface area (Å²) in [5, 5.41) is 9.45. The molecule has 0 aromatic carbocycles. The van der Waals surface area contributed by atoms with E-state index in [0.717, 1.165) is 32.1 Å². The minimum atomic E-state index is -2.81. The van der Waals surface area contributed by atoms with E-state index in [4.69, 9.17) is 0 Å². The van der Waals surface area contributed by atoms with Crippen LogP contribution in [0.5, 0.6) is 0 Å². The maximum Gasteiger partial charge on any atom is 0.150 e. The van der Waals surface area contributed by atoms with Crippen LogP contribution in [0, 0.1) is 5.41 Å². The second kappa shape index (κ2) is 4.83. The Morgan fingerprint density at radius 2 is 2.13 bits per heavy atom. The number of rotatable bonds is 5. The van der Waals surface area contributed by atoms with Gasteiger partial charge in [-0.25, -0.2) is 8.42 Å². The number of aliphatic hydroxyl groups is 1. The van der Waals surface area contributed by atoms with E-state index >= 15 is 0 Å². The van der Waals surface area contributed by atoms with Crippen LogP contribution < -0.4 is 0 Å². The minimum absolute atomic E-state index is 0.169. The summed E-state index contributed by atoms with van der Waals surface area (Å²) in [5.74, 6) is 0.543. The average molecular weight is 234 g/mol. The predicted molar refractivity (Wildman–Crippen MR) is 61.5 cm³/mol. The van der Waals surface area contributed by atoms with Gasteiger partial charge in [0.25, 0.3) is 0 Å². The molecule has 3 nitrogen and oxygen atoms in total. The van der Waals surface area contributed by atoms with E-state index in [0.29, 0.717) is 5.75 Å². The molecule has 2 atom stereocenters. The van der Waals surface area contributed by atoms with Crippen LogP contribution in [0.2, 0.25) is 0 Å². The molecule has 15 heavy (non-hydrogen) atoms. The van der Waals surface area contributed by atoms with Crippen LogP contribution in [0.1, 0.15) is 46.0 Å². The van der Waals surface area contributed by atoms with Gasteiger partial charge in [0.05, 0.1) is 11.9 Å². The molecular formula is C11H22O3S. The normalized spacial score (nSPS) is 32.1. The van der Waals surface area contributed by atoms with Gasteiger partial charge in [-0.1, -0.05) is 13.8 Å². The highest BCUT2D eigenvalue weighted by Gasteiger charge is 2.33. The standard InChI is InChI=1S/C11H22O3S/c1-3-15(13,14)8-4-6-11(2)7-5-10(12)9-11/h10,12H,3-9H2,1-2H3. The Balaban J connectivity index is 2.32. The molecule has 0 spiro atoms. The molecule has 2 unspecified atom stereocenters. The fourth-order valence-corrected chi connectivity index (χ4v) is 3.25. The van der Waals surface area contributed by atoms with Gasteiger partial charge in [0.1, 0.15) is 9.84 Å². The lowest BCUT2D eigenvalue weighted by atomic mass is 9.84. The number of hydrogen-bond donors (Lipinski definition) is 1. The van der Waals surface area contributed by atoms with E-state index < -0.39 is 9.84 Å². The molecule has 1 saturated carbocycles. The van der Waals surface area contributed by atoms with E-state index in [-0.39, 0.29) is 17.3 Å². The van der Waals surface area contributed by atoms with Gasteiger partial charge in [-0.2, -0.15) is 0 Å². The minimum Gasteiger partial charge on any atom is -0.393 e. The van der Waals surface area contributed by atoms with Gasteiger partial charge in [0, 0.05) is 5.75 Å². The zero-order valence-corrected chi connectivity index (χ0v) is 10.5. The molecule has 1 N–H and O–H groups in total. The zero-order chi connectivity index (χ0) is 11.5. The van der Waals surface area contributed by atoms with Crippen LogP contribution in [0.15, 0.2) is 0 Å². The van der Waals surface area contributed by atoms with E-state index in [9.17, 15) is 13.5 Å². The monoisotopic (exact) mass is 234 g/mol. The Labute approximate surface area is 92.8 Å². The van der Waals surface area contributed by atoms with Gasteiger partial charge >= 0.3 is 0 Å². The molecule has 1 fully saturated rings. The van der Waals surface area contributed by atoms with Gasteiger partial charge in [-0.15, -0.1) is 0 Å². The lowest BCUT2D eigenvalue weighted by Gasteiger charge is -2.23. The molecule has 0 saturated heterocycles. The Morgan fingerprint density at radius 3 is 2.60 bits per heavy atom. The lowest BCUT2D eigenvalue weighted by Crippen LogP contribution is -2.16. The van der Waals surface area contributed by atoms with Crippen LogP contribution in [-0.2, 0) is 9.84 Å². The number of sulfone groups is 1. The first-order chi connectivity index (χ1) is 6.87. The molecule has 1 aliphatic rings. The van der Waals surface area contributed by atoms with Crippen molar-refractivity contribution in [2.24, 2.45) is 5.41 Å². The van der Waals surface area contributed by atoms with Crippen molar-refractivity contribution in [2.75, 3.05) is 11.5 Å². The van der Waals surface area contributed by atoms with Gasteiger partial charge in [0.15, 0.2) is 0 Å². The Hall–Kier alpha value is -0.0900. The van der Waals surface area contributed by atoms with Crippen molar-refractivity contribution in [3.8, 4) is 0 Å². The summed E-state index contributed by atoms with van der Waals surface area (Å²) in [7, 11) is -2.81. The average Bonchev–Trinajstić information content (AvgIpc) is 2.46. The third-order valence-electron chi connectivity index (χ3n) is 3.49. The first kappa shape index (κ1) is 13.0. The van der Waals surface area contributed by atoms with Crippen molar-refractivity contribution in [3.63, 3.8) is 0 Å². The molecule has 1 rings (SSSR count). The summed E-state index contributed by atoms with van der Waals surface area (Å²) in [6, 6.07) is 0. The second-order valence-electron chi connectivity index (χ2n) is 5.05. The van der Waals surface area contributed by atoms with Crippen molar-refractivity contribution >= 4 is 9.84 Å². The molecule has 0 aromatic rings. The summed E-state index contributed by atoms with van der Waals surface area (Å²) in [5.41, 5.74) is 0.169. The van der Waals surface area contributed by atoms with Crippen LogP contribution in [0.3, 0.4) is 0 Å². The van der Waals surface area contributed by atoms with Crippen molar-refractivity contribution in [2.45, 2.75) is 52.1 Å². The first-order valence-electron chi connectivity index (χ1n) is 5.75. The topological polar surface area (TPSA) is 54.4 Å². The molecule has 0 amide bonds. The van der Waals surface area contributed by atoms with Crippen molar-refractivity contribution in [1.82, 2.24) is 0 Å². The van der Waals surface area contributed by atoms with Crippen molar-refractivity contribution < 1.29 is 13.5 Å². The summed E-state index contributed by atoms with van der Waals surface area (Å²) >= 11 is 0. The highest BCUT2D eigenvalue weighted by Crippen LogP contribution is 2.41. The number of hydrogen-bond acceptors (Lipinski definition) is 3. The van der Waals surface area contributed by atoms with Gasteiger partial charge in [-0.05, 0) is 37.5 Å². The van der Waals surface area contributed by atoms with Crippen LogP contribution in [-0.4, -0.2) is 31.1 Å². The SMILES string of the molecule is CCS(=O)(=O)CCCC1(C)CCC(O)C1. The third-order valence-corrected chi connectivity index (χ3v) is 5.28. The van der Waals surface area contributed by atoms with E-state index in [1.54, 1.807) is 6.92 Å². The fraction of sp³-hybridized carbons (Fsp3) is 1.00. The lowest BCUT2D eigenvalue weighted by molar-refractivity contribution is 0.160. The smallest absolute Gasteiger partial charge is 0.150 e. The van der Waals surface area contributed by atoms with Crippen LogP contribution in [0.25, 0.3) is 0 Å². The van der Waals surface area contributed by atoms with Crippen molar-refractivity contribution in [1.29, 1.82) is 0 Å². The zero-order valence-electron chi connectivity index (χ0n) is 9.70. The molecule has 4 heteroatoms. The molecule has 0 bridgehead atoms. The largest absolute Gasteiger partial charge is 0.393 e. The number of aliphatic hydroxyl groups excluding tert-OH is 1. The second-order valence-corrected chi connectivity index (χ2v) is 7.52. The van der Waals surface area contributed by atoms with E-state index in [2.05, 4.69) is 6.92 Å². The Bertz CT molecular complexity index is 297. The van der Waals surface area contributed by atoms with Crippen LogP contribution in [0.4, 0.5) is 0 Å². The Kier molecular flexibility index (Phi) is 4.18. The van der Waals surface area contributed by atoms with E-state index in [1.165, 1.54) is 0 Å². The molecule has 90 valence electrons. The Morgan fingerprint density at radius 1 is 1.47 bits per heavy atom. The van der Waals surface area contributed by atoms with E-state index in [1.807, 2.05) is 0 Å². The molecule has 0 aromatic heterocycles. The maximum atomic E-state index is 11.3. The molecule has 0 radical (unpaired) electrons.